The second-order valence-electron chi connectivity index (χ2n) is 4.66. The van der Waals surface area contributed by atoms with Crippen LogP contribution in [0.4, 0.5) is 5.69 Å². The zero-order chi connectivity index (χ0) is 12.7. The SMILES string of the molecule is CCCCCN(c1cccc(C#N)c1)C(C)C. The van der Waals surface area contributed by atoms with Gasteiger partial charge in [-0.1, -0.05) is 25.8 Å². The highest BCUT2D eigenvalue weighted by atomic mass is 15.1. The molecule has 0 aliphatic rings. The van der Waals surface area contributed by atoms with Gasteiger partial charge < -0.3 is 4.90 Å². The van der Waals surface area contributed by atoms with Crippen LogP contribution in [0, 0.1) is 11.3 Å². The van der Waals surface area contributed by atoms with Crippen molar-refractivity contribution < 1.29 is 0 Å². The van der Waals surface area contributed by atoms with Crippen molar-refractivity contribution in [2.24, 2.45) is 0 Å². The summed E-state index contributed by atoms with van der Waals surface area (Å²) >= 11 is 0. The van der Waals surface area contributed by atoms with Crippen LogP contribution < -0.4 is 4.90 Å². The molecule has 0 saturated carbocycles. The molecule has 1 aromatic carbocycles. The fourth-order valence-electron chi connectivity index (χ4n) is 1.97. The van der Waals surface area contributed by atoms with Gasteiger partial charge in [-0.05, 0) is 38.5 Å². The van der Waals surface area contributed by atoms with E-state index in [0.717, 1.165) is 17.8 Å². The van der Waals surface area contributed by atoms with Gasteiger partial charge in [-0.2, -0.15) is 5.26 Å². The van der Waals surface area contributed by atoms with Crippen molar-refractivity contribution in [3.63, 3.8) is 0 Å². The quantitative estimate of drug-likeness (QED) is 0.691. The maximum atomic E-state index is 8.93. The fraction of sp³-hybridized carbons (Fsp3) is 0.533. The third-order valence-corrected chi connectivity index (χ3v) is 2.93. The van der Waals surface area contributed by atoms with Crippen LogP contribution in [0.1, 0.15) is 45.6 Å². The molecule has 0 aromatic heterocycles. The number of rotatable bonds is 6. The monoisotopic (exact) mass is 230 g/mol. The summed E-state index contributed by atoms with van der Waals surface area (Å²) in [5.41, 5.74) is 1.90. The first-order chi connectivity index (χ1) is 8.19. The zero-order valence-corrected chi connectivity index (χ0v) is 11.1. The minimum atomic E-state index is 0.473. The Labute approximate surface area is 105 Å². The third-order valence-electron chi connectivity index (χ3n) is 2.93. The van der Waals surface area contributed by atoms with Crippen LogP contribution in [0.25, 0.3) is 0 Å². The molecule has 0 radical (unpaired) electrons. The Morgan fingerprint density at radius 3 is 2.65 bits per heavy atom. The summed E-state index contributed by atoms with van der Waals surface area (Å²) in [6.45, 7) is 7.69. The summed E-state index contributed by atoms with van der Waals surface area (Å²) in [5.74, 6) is 0. The molecule has 0 atom stereocenters. The van der Waals surface area contributed by atoms with E-state index < -0.39 is 0 Å². The Morgan fingerprint density at radius 1 is 1.29 bits per heavy atom. The van der Waals surface area contributed by atoms with Crippen LogP contribution in [0.3, 0.4) is 0 Å². The van der Waals surface area contributed by atoms with E-state index in [2.05, 4.69) is 37.8 Å². The van der Waals surface area contributed by atoms with Crippen molar-refractivity contribution in [1.29, 1.82) is 5.26 Å². The van der Waals surface area contributed by atoms with Crippen molar-refractivity contribution in [2.75, 3.05) is 11.4 Å². The Bertz CT molecular complexity index is 377. The maximum Gasteiger partial charge on any atom is 0.0992 e. The zero-order valence-electron chi connectivity index (χ0n) is 11.1. The second kappa shape index (κ2) is 6.96. The van der Waals surface area contributed by atoms with E-state index in [1.54, 1.807) is 0 Å². The smallest absolute Gasteiger partial charge is 0.0992 e. The van der Waals surface area contributed by atoms with E-state index in [9.17, 15) is 0 Å². The van der Waals surface area contributed by atoms with Gasteiger partial charge in [0.15, 0.2) is 0 Å². The minimum absolute atomic E-state index is 0.473. The van der Waals surface area contributed by atoms with Gasteiger partial charge in [0.2, 0.25) is 0 Å². The molecule has 0 aliphatic carbocycles. The molecule has 0 spiro atoms. The normalized spacial score (nSPS) is 10.3. The van der Waals surface area contributed by atoms with Crippen LogP contribution in [-0.2, 0) is 0 Å². The molecule has 0 heterocycles. The lowest BCUT2D eigenvalue weighted by Crippen LogP contribution is -2.31. The molecule has 2 heteroatoms. The Hall–Kier alpha value is -1.49. The number of unbranched alkanes of at least 4 members (excludes halogenated alkanes) is 2. The average Bonchev–Trinajstić information content (AvgIpc) is 2.34. The van der Waals surface area contributed by atoms with E-state index in [1.165, 1.54) is 19.3 Å². The number of hydrogen-bond donors (Lipinski definition) is 0. The van der Waals surface area contributed by atoms with Gasteiger partial charge in [0, 0.05) is 18.3 Å². The first-order valence-corrected chi connectivity index (χ1v) is 6.45. The molecule has 0 aliphatic heterocycles. The summed E-state index contributed by atoms with van der Waals surface area (Å²) in [4.78, 5) is 2.37. The highest BCUT2D eigenvalue weighted by molar-refractivity contribution is 5.52. The van der Waals surface area contributed by atoms with E-state index in [-0.39, 0.29) is 0 Å². The molecule has 0 N–H and O–H groups in total. The van der Waals surface area contributed by atoms with Gasteiger partial charge in [-0.15, -0.1) is 0 Å². The topological polar surface area (TPSA) is 27.0 Å². The molecular weight excluding hydrogens is 208 g/mol. The molecule has 1 aromatic rings. The van der Waals surface area contributed by atoms with Crippen molar-refractivity contribution in [3.8, 4) is 6.07 Å². The van der Waals surface area contributed by atoms with Crippen LogP contribution in [-0.4, -0.2) is 12.6 Å². The number of nitriles is 1. The fourth-order valence-corrected chi connectivity index (χ4v) is 1.97. The summed E-state index contributed by atoms with van der Waals surface area (Å²) in [6.07, 6.45) is 3.72. The van der Waals surface area contributed by atoms with Crippen molar-refractivity contribution in [3.05, 3.63) is 29.8 Å². The van der Waals surface area contributed by atoms with Gasteiger partial charge in [-0.3, -0.25) is 0 Å². The molecule has 0 fully saturated rings. The molecule has 2 nitrogen and oxygen atoms in total. The van der Waals surface area contributed by atoms with Gasteiger partial charge in [0.1, 0.15) is 0 Å². The molecule has 17 heavy (non-hydrogen) atoms. The Morgan fingerprint density at radius 2 is 2.06 bits per heavy atom. The molecule has 0 amide bonds. The lowest BCUT2D eigenvalue weighted by atomic mass is 10.1. The summed E-state index contributed by atoms with van der Waals surface area (Å²) < 4.78 is 0. The lowest BCUT2D eigenvalue weighted by molar-refractivity contribution is 0.626. The molecule has 0 saturated heterocycles. The first kappa shape index (κ1) is 13.6. The highest BCUT2D eigenvalue weighted by Crippen LogP contribution is 2.19. The van der Waals surface area contributed by atoms with Crippen LogP contribution in [0.5, 0.6) is 0 Å². The van der Waals surface area contributed by atoms with Crippen LogP contribution in [0.15, 0.2) is 24.3 Å². The lowest BCUT2D eigenvalue weighted by Gasteiger charge is -2.29. The predicted molar refractivity (Wildman–Crippen MR) is 73.2 cm³/mol. The van der Waals surface area contributed by atoms with E-state index in [4.69, 9.17) is 5.26 Å². The van der Waals surface area contributed by atoms with Gasteiger partial charge in [0.05, 0.1) is 11.6 Å². The molecular formula is C15H22N2. The van der Waals surface area contributed by atoms with E-state index in [0.29, 0.717) is 6.04 Å². The van der Waals surface area contributed by atoms with Crippen LogP contribution in [0.2, 0.25) is 0 Å². The number of hydrogen-bond acceptors (Lipinski definition) is 2. The van der Waals surface area contributed by atoms with Gasteiger partial charge >= 0.3 is 0 Å². The highest BCUT2D eigenvalue weighted by Gasteiger charge is 2.10. The summed E-state index contributed by atoms with van der Waals surface area (Å²) in [6, 6.07) is 10.6. The summed E-state index contributed by atoms with van der Waals surface area (Å²) in [5, 5.41) is 8.93. The van der Waals surface area contributed by atoms with E-state index >= 15 is 0 Å². The number of anilines is 1. The minimum Gasteiger partial charge on any atom is -0.369 e. The molecule has 0 bridgehead atoms. The second-order valence-corrected chi connectivity index (χ2v) is 4.66. The third kappa shape index (κ3) is 4.11. The van der Waals surface area contributed by atoms with E-state index in [1.807, 2.05) is 18.2 Å². The standard InChI is InChI=1S/C15H22N2/c1-4-5-6-10-17(13(2)3)15-9-7-8-14(11-15)12-16/h7-9,11,13H,4-6,10H2,1-3H3. The first-order valence-electron chi connectivity index (χ1n) is 6.45. The van der Waals surface area contributed by atoms with Gasteiger partial charge in [-0.25, -0.2) is 0 Å². The molecule has 1 rings (SSSR count). The van der Waals surface area contributed by atoms with Crippen molar-refractivity contribution in [2.45, 2.75) is 46.1 Å². The van der Waals surface area contributed by atoms with Crippen molar-refractivity contribution in [1.82, 2.24) is 0 Å². The van der Waals surface area contributed by atoms with Crippen molar-refractivity contribution >= 4 is 5.69 Å². The molecule has 92 valence electrons. The summed E-state index contributed by atoms with van der Waals surface area (Å²) in [7, 11) is 0. The number of nitrogens with zero attached hydrogens (tertiary/aromatic N) is 2. The Balaban J connectivity index is 2.78. The number of benzene rings is 1. The van der Waals surface area contributed by atoms with Crippen LogP contribution >= 0.6 is 0 Å². The average molecular weight is 230 g/mol. The predicted octanol–water partition coefficient (Wildman–Crippen LogP) is 3.96. The Kier molecular flexibility index (Phi) is 5.56. The maximum absolute atomic E-state index is 8.93. The largest absolute Gasteiger partial charge is 0.369 e. The molecule has 0 unspecified atom stereocenters. The van der Waals surface area contributed by atoms with Gasteiger partial charge in [0.25, 0.3) is 0 Å².